The predicted octanol–water partition coefficient (Wildman–Crippen LogP) is 3.69. The number of nitrogens with zero attached hydrogens (tertiary/aromatic N) is 2. The summed E-state index contributed by atoms with van der Waals surface area (Å²) in [5.74, 6) is -0.329. The first kappa shape index (κ1) is 16.1. The van der Waals surface area contributed by atoms with Gasteiger partial charge in [0.15, 0.2) is 0 Å². The van der Waals surface area contributed by atoms with E-state index in [9.17, 15) is 9.18 Å². The topological polar surface area (TPSA) is 33.2 Å². The molecule has 0 saturated carbocycles. The number of amides is 1. The highest BCUT2D eigenvalue weighted by Crippen LogP contribution is 2.24. The fourth-order valence-electron chi connectivity index (χ4n) is 2.00. The molecule has 0 fully saturated rings. The minimum Gasteiger partial charge on any atom is -0.335 e. The number of benzene rings is 1. The highest BCUT2D eigenvalue weighted by Gasteiger charge is 2.14. The molecule has 0 unspecified atom stereocenters. The van der Waals surface area contributed by atoms with E-state index in [1.807, 2.05) is 5.38 Å². The quantitative estimate of drug-likeness (QED) is 0.730. The van der Waals surface area contributed by atoms with Crippen LogP contribution in [-0.2, 0) is 11.2 Å². The second kappa shape index (κ2) is 7.66. The first-order valence-electron chi connectivity index (χ1n) is 6.84. The number of carbonyl (C=O) groups excluding carboxylic acids is 1. The maximum atomic E-state index is 13.2. The van der Waals surface area contributed by atoms with Gasteiger partial charge in [-0.3, -0.25) is 4.79 Å². The van der Waals surface area contributed by atoms with Gasteiger partial charge >= 0.3 is 0 Å². The van der Waals surface area contributed by atoms with E-state index in [2.05, 4.69) is 18.1 Å². The van der Waals surface area contributed by atoms with Crippen LogP contribution in [0.1, 0.15) is 5.69 Å². The normalized spacial score (nSPS) is 10.2. The van der Waals surface area contributed by atoms with Crippen molar-refractivity contribution >= 4 is 17.2 Å². The highest BCUT2D eigenvalue weighted by atomic mass is 32.1. The van der Waals surface area contributed by atoms with E-state index in [4.69, 9.17) is 0 Å². The van der Waals surface area contributed by atoms with Gasteiger partial charge < -0.3 is 4.90 Å². The van der Waals surface area contributed by atoms with Crippen LogP contribution in [0, 0.1) is 5.82 Å². The lowest BCUT2D eigenvalue weighted by Crippen LogP contribution is -2.32. The molecule has 114 valence electrons. The lowest BCUT2D eigenvalue weighted by Gasteiger charge is -2.18. The summed E-state index contributed by atoms with van der Waals surface area (Å²) < 4.78 is 13.2. The van der Waals surface area contributed by atoms with E-state index in [1.165, 1.54) is 23.5 Å². The van der Waals surface area contributed by atoms with Crippen molar-refractivity contribution in [2.45, 2.75) is 6.42 Å². The van der Waals surface area contributed by atoms with Gasteiger partial charge in [-0.25, -0.2) is 9.37 Å². The molecule has 5 heteroatoms. The van der Waals surface area contributed by atoms with Crippen molar-refractivity contribution in [3.05, 3.63) is 66.5 Å². The molecule has 0 aliphatic rings. The van der Waals surface area contributed by atoms with Crippen molar-refractivity contribution in [1.82, 2.24) is 9.88 Å². The molecule has 0 aliphatic heterocycles. The minimum atomic E-state index is -0.298. The molecule has 1 aromatic carbocycles. The fraction of sp³-hybridized carbons (Fsp3) is 0.176. The Bertz CT molecular complexity index is 671. The molecule has 0 atom stereocenters. The summed E-state index contributed by atoms with van der Waals surface area (Å²) in [5, 5.41) is 2.54. The van der Waals surface area contributed by atoms with Crippen LogP contribution in [-0.4, -0.2) is 28.9 Å². The smallest absolute Gasteiger partial charge is 0.229 e. The summed E-state index contributed by atoms with van der Waals surface area (Å²) in [6.45, 7) is 8.25. The third-order valence-electron chi connectivity index (χ3n) is 3.01. The Kier molecular flexibility index (Phi) is 5.61. The van der Waals surface area contributed by atoms with Crippen molar-refractivity contribution in [3.8, 4) is 10.6 Å². The van der Waals surface area contributed by atoms with Crippen molar-refractivity contribution in [1.29, 1.82) is 0 Å². The number of hydrogen-bond acceptors (Lipinski definition) is 3. The summed E-state index contributed by atoms with van der Waals surface area (Å²) in [7, 11) is 0. The van der Waals surface area contributed by atoms with Crippen molar-refractivity contribution < 1.29 is 9.18 Å². The molecular weight excluding hydrogens is 299 g/mol. The molecule has 3 nitrogen and oxygen atoms in total. The first-order chi connectivity index (χ1) is 10.6. The minimum absolute atomic E-state index is 0.0316. The van der Waals surface area contributed by atoms with Gasteiger partial charge in [-0.1, -0.05) is 24.3 Å². The van der Waals surface area contributed by atoms with E-state index in [0.717, 1.165) is 5.56 Å². The molecule has 0 saturated heterocycles. The summed E-state index contributed by atoms with van der Waals surface area (Å²) in [6.07, 6.45) is 3.58. The average Bonchev–Trinajstić information content (AvgIpc) is 2.95. The molecule has 2 rings (SSSR count). The molecule has 22 heavy (non-hydrogen) atoms. The summed E-state index contributed by atoms with van der Waals surface area (Å²) in [6, 6.07) is 6.28. The van der Waals surface area contributed by atoms with Gasteiger partial charge in [-0.15, -0.1) is 24.5 Å². The van der Waals surface area contributed by atoms with Crippen molar-refractivity contribution in [2.24, 2.45) is 0 Å². The van der Waals surface area contributed by atoms with Crippen LogP contribution in [0.25, 0.3) is 10.6 Å². The van der Waals surface area contributed by atoms with Gasteiger partial charge in [0.2, 0.25) is 5.91 Å². The zero-order valence-electron chi connectivity index (χ0n) is 12.2. The number of aromatic nitrogens is 1. The van der Waals surface area contributed by atoms with Gasteiger partial charge in [-0.2, -0.15) is 0 Å². The molecular formula is C17H17FN2OS. The molecule has 0 N–H and O–H groups in total. The monoisotopic (exact) mass is 316 g/mol. The molecule has 1 aromatic heterocycles. The van der Waals surface area contributed by atoms with Crippen LogP contribution in [0.4, 0.5) is 4.39 Å². The largest absolute Gasteiger partial charge is 0.335 e. The molecule has 0 radical (unpaired) electrons. The first-order valence-corrected chi connectivity index (χ1v) is 7.72. The van der Waals surface area contributed by atoms with Crippen LogP contribution < -0.4 is 0 Å². The zero-order valence-corrected chi connectivity index (χ0v) is 13.0. The Morgan fingerprint density at radius 2 is 2.05 bits per heavy atom. The van der Waals surface area contributed by atoms with Crippen LogP contribution in [0.15, 0.2) is 55.0 Å². The summed E-state index contributed by atoms with van der Waals surface area (Å²) in [4.78, 5) is 18.3. The van der Waals surface area contributed by atoms with Gasteiger partial charge in [0, 0.05) is 24.0 Å². The van der Waals surface area contributed by atoms with Gasteiger partial charge in [-0.05, 0) is 12.1 Å². The molecule has 1 amide bonds. The Labute approximate surface area is 133 Å². The second-order valence-corrected chi connectivity index (χ2v) is 5.57. The third-order valence-corrected chi connectivity index (χ3v) is 3.95. The SMILES string of the molecule is C=CCN(CC=C)C(=O)Cc1csc(-c2cccc(F)c2)n1. The van der Waals surface area contributed by atoms with Crippen molar-refractivity contribution in [2.75, 3.05) is 13.1 Å². The Morgan fingerprint density at radius 3 is 2.68 bits per heavy atom. The lowest BCUT2D eigenvalue weighted by molar-refractivity contribution is -0.129. The van der Waals surface area contributed by atoms with E-state index in [-0.39, 0.29) is 18.1 Å². The molecule has 2 aromatic rings. The third kappa shape index (κ3) is 4.11. The number of halogens is 1. The van der Waals surface area contributed by atoms with Crippen molar-refractivity contribution in [3.63, 3.8) is 0 Å². The van der Waals surface area contributed by atoms with Crippen LogP contribution in [0.3, 0.4) is 0 Å². The second-order valence-electron chi connectivity index (χ2n) is 4.71. The molecule has 0 bridgehead atoms. The van der Waals surface area contributed by atoms with Gasteiger partial charge in [0.05, 0.1) is 12.1 Å². The fourth-order valence-corrected chi connectivity index (χ4v) is 2.82. The Hall–Kier alpha value is -2.27. The van der Waals surface area contributed by atoms with Crippen LogP contribution in [0.5, 0.6) is 0 Å². The zero-order chi connectivity index (χ0) is 15.9. The van der Waals surface area contributed by atoms with E-state index >= 15 is 0 Å². The summed E-state index contributed by atoms with van der Waals surface area (Å²) in [5.41, 5.74) is 1.41. The molecule has 0 aliphatic carbocycles. The standard InChI is InChI=1S/C17H17FN2OS/c1-3-8-20(9-4-2)16(21)11-15-12-22-17(19-15)13-6-5-7-14(18)10-13/h3-7,10,12H,1-2,8-9,11H2. The van der Waals surface area contributed by atoms with Gasteiger partial charge in [0.1, 0.15) is 10.8 Å². The number of rotatable bonds is 7. The van der Waals surface area contributed by atoms with E-state index in [0.29, 0.717) is 23.8 Å². The van der Waals surface area contributed by atoms with E-state index in [1.54, 1.807) is 29.2 Å². The number of hydrogen-bond donors (Lipinski definition) is 0. The molecule has 1 heterocycles. The van der Waals surface area contributed by atoms with Crippen LogP contribution >= 0.6 is 11.3 Å². The van der Waals surface area contributed by atoms with Gasteiger partial charge in [0.25, 0.3) is 0 Å². The maximum absolute atomic E-state index is 13.2. The van der Waals surface area contributed by atoms with E-state index < -0.39 is 0 Å². The Balaban J connectivity index is 2.09. The highest BCUT2D eigenvalue weighted by molar-refractivity contribution is 7.13. The number of carbonyl (C=O) groups is 1. The number of thiazole rings is 1. The molecule has 0 spiro atoms. The predicted molar refractivity (Wildman–Crippen MR) is 88.2 cm³/mol. The summed E-state index contributed by atoms with van der Waals surface area (Å²) >= 11 is 1.40. The Morgan fingerprint density at radius 1 is 1.32 bits per heavy atom. The lowest BCUT2D eigenvalue weighted by atomic mass is 10.2. The average molecular weight is 316 g/mol. The maximum Gasteiger partial charge on any atom is 0.229 e. The van der Waals surface area contributed by atoms with Crippen LogP contribution in [0.2, 0.25) is 0 Å².